The van der Waals surface area contributed by atoms with Crippen molar-refractivity contribution in [2.45, 2.75) is 136 Å². The summed E-state index contributed by atoms with van der Waals surface area (Å²) in [5, 5.41) is 5.93. The monoisotopic (exact) mass is 911 g/mol. The van der Waals surface area contributed by atoms with Gasteiger partial charge in [-0.05, 0) is 67.3 Å². The minimum atomic E-state index is -1.26. The number of likely N-dealkylation sites (N-methyl/N-ethyl adjacent to an activating group) is 2. The first-order chi connectivity index (χ1) is 30.9. The Balaban J connectivity index is 1.54. The largest absolute Gasteiger partial charge is 0.497 e. The Morgan fingerprint density at radius 3 is 2.14 bits per heavy atom. The lowest BCUT2D eigenvalue weighted by molar-refractivity contribution is -0.151. The van der Waals surface area contributed by atoms with Gasteiger partial charge in [0.1, 0.15) is 30.0 Å². The second kappa shape index (κ2) is 24.3. The summed E-state index contributed by atoms with van der Waals surface area (Å²) in [6, 6.07) is 8.51. The van der Waals surface area contributed by atoms with Gasteiger partial charge >= 0.3 is 5.97 Å². The Labute approximate surface area is 386 Å². The van der Waals surface area contributed by atoms with Gasteiger partial charge in [-0.25, -0.2) is 9.18 Å². The van der Waals surface area contributed by atoms with E-state index in [1.165, 1.54) is 27.4 Å². The number of hydrogen-bond acceptors (Lipinski definition) is 11. The molecule has 2 aromatic carbocycles. The van der Waals surface area contributed by atoms with Gasteiger partial charge in [0.25, 0.3) is 0 Å². The van der Waals surface area contributed by atoms with E-state index in [-0.39, 0.29) is 84.8 Å². The minimum absolute atomic E-state index is 0.0116. The number of Topliss-reactive ketones (excluding diaryl/α,β-unsaturated/α-hetero) is 1. The number of nitrogens with one attached hydrogen (secondary N) is 2. The van der Waals surface area contributed by atoms with Crippen LogP contribution in [0.2, 0.25) is 0 Å². The van der Waals surface area contributed by atoms with Crippen molar-refractivity contribution in [3.8, 4) is 11.5 Å². The highest BCUT2D eigenvalue weighted by Crippen LogP contribution is 2.50. The quantitative estimate of drug-likeness (QED) is 0.107. The molecule has 11 atom stereocenters. The van der Waals surface area contributed by atoms with Crippen LogP contribution in [0, 0.1) is 41.3 Å². The van der Waals surface area contributed by atoms with Crippen molar-refractivity contribution in [3.05, 3.63) is 59.4 Å². The van der Waals surface area contributed by atoms with E-state index in [1.807, 2.05) is 46.4 Å². The molecule has 4 rings (SSSR count). The van der Waals surface area contributed by atoms with Gasteiger partial charge in [-0.3, -0.25) is 19.2 Å². The third-order valence-electron chi connectivity index (χ3n) is 13.8. The molecule has 2 fully saturated rings. The van der Waals surface area contributed by atoms with Gasteiger partial charge < -0.3 is 44.1 Å². The van der Waals surface area contributed by atoms with Gasteiger partial charge in [0, 0.05) is 57.7 Å². The fourth-order valence-corrected chi connectivity index (χ4v) is 9.69. The zero-order valence-electron chi connectivity index (χ0n) is 40.9. The van der Waals surface area contributed by atoms with Crippen LogP contribution in [0.5, 0.6) is 11.5 Å². The van der Waals surface area contributed by atoms with Crippen molar-refractivity contribution in [2.75, 3.05) is 42.5 Å². The van der Waals surface area contributed by atoms with Gasteiger partial charge in [0.2, 0.25) is 17.7 Å². The molecule has 14 nitrogen and oxygen atoms in total. The second-order valence-corrected chi connectivity index (χ2v) is 18.6. The van der Waals surface area contributed by atoms with Crippen molar-refractivity contribution in [1.82, 2.24) is 20.4 Å². The number of carbonyl (C=O) groups is 5. The van der Waals surface area contributed by atoms with Crippen LogP contribution in [-0.2, 0) is 51.2 Å². The van der Waals surface area contributed by atoms with E-state index >= 15 is 0 Å². The van der Waals surface area contributed by atoms with Crippen LogP contribution in [0.4, 0.5) is 4.39 Å². The summed E-state index contributed by atoms with van der Waals surface area (Å²) in [6.45, 7) is 13.4. The summed E-state index contributed by atoms with van der Waals surface area (Å²) in [4.78, 5) is 74.0. The molecule has 15 heteroatoms. The average Bonchev–Trinajstić information content (AvgIpc) is 3.95. The molecule has 1 aliphatic carbocycles. The molecule has 0 radical (unpaired) electrons. The van der Waals surface area contributed by atoms with Gasteiger partial charge in [-0.15, -0.1) is 0 Å². The highest BCUT2D eigenvalue weighted by molar-refractivity contribution is 5.90. The van der Waals surface area contributed by atoms with Gasteiger partial charge in [-0.2, -0.15) is 0 Å². The maximum Gasteiger partial charge on any atom is 0.329 e. The molecule has 2 N–H and O–H groups in total. The second-order valence-electron chi connectivity index (χ2n) is 18.6. The summed E-state index contributed by atoms with van der Waals surface area (Å²) in [7, 11) is 9.57. The molecule has 0 bridgehead atoms. The predicted octanol–water partition coefficient (Wildman–Crippen LogP) is 6.01. The van der Waals surface area contributed by atoms with E-state index in [2.05, 4.69) is 10.6 Å². The highest BCUT2D eigenvalue weighted by Gasteiger charge is 2.57. The van der Waals surface area contributed by atoms with Crippen LogP contribution < -0.4 is 20.1 Å². The number of benzene rings is 2. The topological polar surface area (TPSA) is 162 Å². The molecule has 1 saturated carbocycles. The summed E-state index contributed by atoms with van der Waals surface area (Å²) in [5.74, 6) is -2.43. The number of methoxy groups -OCH3 is 4. The van der Waals surface area contributed by atoms with Crippen LogP contribution in [0.1, 0.15) is 91.7 Å². The fraction of sp³-hybridized carbons (Fsp3) is 0.660. The highest BCUT2D eigenvalue weighted by atomic mass is 19.1. The number of amides is 3. The van der Waals surface area contributed by atoms with Crippen LogP contribution in [0.25, 0.3) is 0 Å². The van der Waals surface area contributed by atoms with Crippen LogP contribution in [-0.4, -0.2) is 124 Å². The number of carbonyl (C=O) groups excluding carboxylic acids is 5. The number of ketones is 1. The van der Waals surface area contributed by atoms with Crippen LogP contribution in [0.15, 0.2) is 42.5 Å². The zero-order valence-corrected chi connectivity index (χ0v) is 40.9. The zero-order chi connectivity index (χ0) is 48.3. The summed E-state index contributed by atoms with van der Waals surface area (Å²) >= 11 is 0. The molecule has 2 aliphatic rings. The Bertz CT molecular complexity index is 1930. The Kier molecular flexibility index (Phi) is 19.8. The van der Waals surface area contributed by atoms with Crippen molar-refractivity contribution in [3.63, 3.8) is 0 Å². The lowest BCUT2D eigenvalue weighted by Crippen LogP contribution is -2.55. The summed E-state index contributed by atoms with van der Waals surface area (Å²) < 4.78 is 43.6. The first-order valence-electron chi connectivity index (χ1n) is 23.1. The number of halogens is 1. The number of ether oxygens (including phenoxy) is 5. The molecule has 2 aromatic rings. The number of nitrogens with zero attached hydrogens (tertiary/aromatic N) is 2. The smallest absolute Gasteiger partial charge is 0.329 e. The molecular weight excluding hydrogens is 836 g/mol. The molecule has 3 amide bonds. The van der Waals surface area contributed by atoms with Gasteiger partial charge in [0.15, 0.2) is 5.78 Å². The number of hydrogen-bond donors (Lipinski definition) is 2. The standard InChI is InChI=1S/C50H75FN4O10/c1-14-30(6)46(54(9)49(59)36(28(2)3)25-41(56)45(52-8)29(4)5)43(63-12)26-44(57)55-39-22-34(39)23-40(55)47(64-13)31(7)48(58)53-38(21-32-17-15-16-18-37(32)51)50(60)65-27-33-19-20-35(61-10)24-42(33)62-11/h15-20,24,28-31,34,36,38-40,43,45-47,52H,14,21-23,25-27H2,1-13H3,(H,53,58)/t30-,31+,34-,36-,38-,39-,40-,43+,45-,46-,47+/m0/s1. The Morgan fingerprint density at radius 2 is 1.57 bits per heavy atom. The average molecular weight is 911 g/mol. The van der Waals surface area contributed by atoms with E-state index < -0.39 is 59.9 Å². The van der Waals surface area contributed by atoms with E-state index in [9.17, 15) is 28.4 Å². The van der Waals surface area contributed by atoms with E-state index in [0.717, 1.165) is 6.42 Å². The maximum absolute atomic E-state index is 15.0. The first kappa shape index (κ1) is 53.0. The molecule has 0 unspecified atom stereocenters. The maximum atomic E-state index is 15.0. The SMILES string of the molecule is CC[C@H](C)[C@@H]([C@@H](CC(=O)N1[C@H]2C[C@H]2C[C@H]1[C@H](OC)[C@@H](C)C(=O)N[C@@H](Cc1ccccc1F)C(=O)OCc1ccc(OC)cc1OC)OC)N(C)C(=O)[C@@H](CC(=O)[C@@H](NC)C(C)C)C(C)C. The van der Waals surface area contributed by atoms with Crippen LogP contribution in [0.3, 0.4) is 0 Å². The molecule has 65 heavy (non-hydrogen) atoms. The van der Waals surface area contributed by atoms with Crippen molar-refractivity contribution >= 4 is 29.5 Å². The lowest BCUT2D eigenvalue weighted by atomic mass is 9.84. The molecular formula is C50H75FN4O10. The third-order valence-corrected chi connectivity index (χ3v) is 13.8. The summed E-state index contributed by atoms with van der Waals surface area (Å²) in [6.07, 6.45) is 0.648. The Hall–Kier alpha value is -4.60. The molecule has 0 aromatic heterocycles. The Morgan fingerprint density at radius 1 is 0.877 bits per heavy atom. The van der Waals surface area contributed by atoms with Crippen molar-refractivity contribution in [1.29, 1.82) is 0 Å². The van der Waals surface area contributed by atoms with Crippen molar-refractivity contribution in [2.24, 2.45) is 35.5 Å². The third kappa shape index (κ3) is 13.1. The molecule has 1 aliphatic heterocycles. The number of piperidine rings is 1. The predicted molar refractivity (Wildman–Crippen MR) is 246 cm³/mol. The summed E-state index contributed by atoms with van der Waals surface area (Å²) in [5.41, 5.74) is 0.786. The minimum Gasteiger partial charge on any atom is -0.497 e. The normalized spacial score (nSPS) is 20.4. The number of likely N-dealkylation sites (tertiary alicyclic amines) is 1. The van der Waals surface area contributed by atoms with E-state index in [0.29, 0.717) is 29.9 Å². The first-order valence-corrected chi connectivity index (χ1v) is 23.1. The molecule has 0 spiro atoms. The van der Waals surface area contributed by atoms with E-state index in [1.54, 1.807) is 69.4 Å². The molecule has 1 saturated heterocycles. The van der Waals surface area contributed by atoms with Crippen molar-refractivity contribution < 1.29 is 52.0 Å². The fourth-order valence-electron chi connectivity index (χ4n) is 9.69. The number of esters is 1. The van der Waals surface area contributed by atoms with E-state index in [4.69, 9.17) is 23.7 Å². The van der Waals surface area contributed by atoms with Gasteiger partial charge in [-0.1, -0.05) is 73.1 Å². The van der Waals surface area contributed by atoms with Gasteiger partial charge in [0.05, 0.1) is 56.9 Å². The lowest BCUT2D eigenvalue weighted by Gasteiger charge is -2.41. The number of fused-ring (bicyclic) bond motifs is 1. The molecule has 1 heterocycles. The van der Waals surface area contributed by atoms with Crippen LogP contribution >= 0.6 is 0 Å². The number of rotatable bonds is 26. The molecule has 362 valence electrons.